The van der Waals surface area contributed by atoms with E-state index >= 15 is 0 Å². The van der Waals surface area contributed by atoms with Gasteiger partial charge in [0.25, 0.3) is 0 Å². The van der Waals surface area contributed by atoms with Crippen LogP contribution in [0.25, 0.3) is 0 Å². The second-order valence-corrected chi connectivity index (χ2v) is 6.12. The summed E-state index contributed by atoms with van der Waals surface area (Å²) < 4.78 is 5.42. The molecule has 0 unspecified atom stereocenters. The molecule has 1 aliphatic carbocycles. The van der Waals surface area contributed by atoms with Crippen molar-refractivity contribution in [2.24, 2.45) is 0 Å². The maximum atomic E-state index is 5.42. The van der Waals surface area contributed by atoms with E-state index in [1.54, 1.807) is 7.11 Å². The molecule has 0 atom stereocenters. The number of aryl methyl sites for hydroxylation is 1. The van der Waals surface area contributed by atoms with Crippen LogP contribution >= 0.6 is 0 Å². The Morgan fingerprint density at radius 1 is 1.33 bits per heavy atom. The minimum absolute atomic E-state index is 0.0611. The van der Waals surface area contributed by atoms with Gasteiger partial charge in [0.15, 0.2) is 0 Å². The number of hydrogen-bond donors (Lipinski definition) is 1. The summed E-state index contributed by atoms with van der Waals surface area (Å²) in [5.41, 5.74) is 2.80. The van der Waals surface area contributed by atoms with Crippen LogP contribution in [0.1, 0.15) is 43.7 Å². The summed E-state index contributed by atoms with van der Waals surface area (Å²) in [6, 6.07) is 9.57. The maximum absolute atomic E-state index is 5.42. The van der Waals surface area contributed by atoms with Crippen molar-refractivity contribution in [3.63, 3.8) is 0 Å². The van der Waals surface area contributed by atoms with Crippen LogP contribution in [0.15, 0.2) is 24.3 Å². The molecule has 0 aromatic heterocycles. The standard InChI is InChI=1S/C16H25NO/c1-12-6-5-7-13(8-12)14-9-15(10-14)17-11-16(2,3)18-4/h5-8,14-15,17H,9-11H2,1-4H3. The highest BCUT2D eigenvalue weighted by molar-refractivity contribution is 5.27. The molecule has 1 N–H and O–H groups in total. The summed E-state index contributed by atoms with van der Waals surface area (Å²) in [5, 5.41) is 3.60. The monoisotopic (exact) mass is 247 g/mol. The van der Waals surface area contributed by atoms with Crippen LogP contribution in [0.5, 0.6) is 0 Å². The molecule has 0 spiro atoms. The van der Waals surface area contributed by atoms with Crippen LogP contribution in [0.4, 0.5) is 0 Å². The number of rotatable bonds is 5. The molecule has 1 aromatic carbocycles. The van der Waals surface area contributed by atoms with E-state index in [1.807, 2.05) is 0 Å². The first-order valence-corrected chi connectivity index (χ1v) is 6.85. The molecule has 0 saturated heterocycles. The Balaban J connectivity index is 1.77. The SMILES string of the molecule is COC(C)(C)CNC1CC(c2cccc(C)c2)C1. The van der Waals surface area contributed by atoms with Crippen molar-refractivity contribution < 1.29 is 4.74 Å². The van der Waals surface area contributed by atoms with Crippen LogP contribution in [-0.2, 0) is 4.74 Å². The number of benzene rings is 1. The van der Waals surface area contributed by atoms with E-state index in [2.05, 4.69) is 50.4 Å². The lowest BCUT2D eigenvalue weighted by molar-refractivity contribution is 0.0180. The maximum Gasteiger partial charge on any atom is 0.0746 e. The zero-order chi connectivity index (χ0) is 13.2. The normalized spacial score (nSPS) is 23.8. The van der Waals surface area contributed by atoms with Gasteiger partial charge in [0.1, 0.15) is 0 Å². The second kappa shape index (κ2) is 5.41. The van der Waals surface area contributed by atoms with Crippen molar-refractivity contribution in [1.82, 2.24) is 5.32 Å². The van der Waals surface area contributed by atoms with E-state index in [0.717, 1.165) is 12.5 Å². The number of methoxy groups -OCH3 is 1. The molecule has 100 valence electrons. The van der Waals surface area contributed by atoms with Gasteiger partial charge in [-0.15, -0.1) is 0 Å². The minimum Gasteiger partial charge on any atom is -0.377 e. The first-order chi connectivity index (χ1) is 8.50. The van der Waals surface area contributed by atoms with Crippen LogP contribution in [0, 0.1) is 6.92 Å². The van der Waals surface area contributed by atoms with Gasteiger partial charge in [0.05, 0.1) is 5.60 Å². The third kappa shape index (κ3) is 3.33. The Morgan fingerprint density at radius 2 is 2.06 bits per heavy atom. The molecular weight excluding hydrogens is 222 g/mol. The third-order valence-electron chi connectivity index (χ3n) is 4.02. The first kappa shape index (κ1) is 13.6. The van der Waals surface area contributed by atoms with Crippen LogP contribution < -0.4 is 5.32 Å². The van der Waals surface area contributed by atoms with Crippen LogP contribution in [0.2, 0.25) is 0 Å². The van der Waals surface area contributed by atoms with Gasteiger partial charge in [-0.3, -0.25) is 0 Å². The van der Waals surface area contributed by atoms with Gasteiger partial charge in [0, 0.05) is 19.7 Å². The average Bonchev–Trinajstić information content (AvgIpc) is 2.27. The highest BCUT2D eigenvalue weighted by Crippen LogP contribution is 2.37. The second-order valence-electron chi connectivity index (χ2n) is 6.12. The van der Waals surface area contributed by atoms with E-state index in [9.17, 15) is 0 Å². The lowest BCUT2D eigenvalue weighted by Crippen LogP contribution is -2.46. The Kier molecular flexibility index (Phi) is 4.08. The average molecular weight is 247 g/mol. The molecule has 0 aliphatic heterocycles. The lowest BCUT2D eigenvalue weighted by Gasteiger charge is -2.38. The van der Waals surface area contributed by atoms with Crippen molar-refractivity contribution in [2.75, 3.05) is 13.7 Å². The van der Waals surface area contributed by atoms with E-state index in [-0.39, 0.29) is 5.60 Å². The highest BCUT2D eigenvalue weighted by Gasteiger charge is 2.31. The predicted octanol–water partition coefficient (Wildman–Crippen LogP) is 3.26. The van der Waals surface area contributed by atoms with Gasteiger partial charge >= 0.3 is 0 Å². The van der Waals surface area contributed by atoms with Gasteiger partial charge in [-0.1, -0.05) is 29.8 Å². The molecule has 18 heavy (non-hydrogen) atoms. The molecular formula is C16H25NO. The van der Waals surface area contributed by atoms with E-state index in [4.69, 9.17) is 4.74 Å². The molecule has 2 nitrogen and oxygen atoms in total. The van der Waals surface area contributed by atoms with Gasteiger partial charge in [0.2, 0.25) is 0 Å². The molecule has 2 heteroatoms. The quantitative estimate of drug-likeness (QED) is 0.862. The van der Waals surface area contributed by atoms with Crippen LogP contribution in [0.3, 0.4) is 0 Å². The van der Waals surface area contributed by atoms with Crippen molar-refractivity contribution in [1.29, 1.82) is 0 Å². The summed E-state index contributed by atoms with van der Waals surface area (Å²) in [7, 11) is 1.78. The Labute approximate surface area is 111 Å². The molecule has 1 saturated carbocycles. The van der Waals surface area contributed by atoms with E-state index < -0.39 is 0 Å². The lowest BCUT2D eigenvalue weighted by atomic mass is 9.75. The Bertz CT molecular complexity index is 394. The summed E-state index contributed by atoms with van der Waals surface area (Å²) in [6.07, 6.45) is 2.51. The summed E-state index contributed by atoms with van der Waals surface area (Å²) in [6.45, 7) is 7.33. The summed E-state index contributed by atoms with van der Waals surface area (Å²) in [5.74, 6) is 0.744. The minimum atomic E-state index is -0.0611. The van der Waals surface area contributed by atoms with Gasteiger partial charge < -0.3 is 10.1 Å². The molecule has 1 fully saturated rings. The highest BCUT2D eigenvalue weighted by atomic mass is 16.5. The first-order valence-electron chi connectivity index (χ1n) is 6.85. The number of ether oxygens (including phenoxy) is 1. The molecule has 0 bridgehead atoms. The number of nitrogens with one attached hydrogen (secondary N) is 1. The van der Waals surface area contributed by atoms with Gasteiger partial charge in [-0.25, -0.2) is 0 Å². The van der Waals surface area contributed by atoms with E-state index in [0.29, 0.717) is 6.04 Å². The fraction of sp³-hybridized carbons (Fsp3) is 0.625. The van der Waals surface area contributed by atoms with Crippen molar-refractivity contribution in [2.45, 2.75) is 51.2 Å². The predicted molar refractivity (Wildman–Crippen MR) is 76.0 cm³/mol. The molecule has 2 rings (SSSR count). The van der Waals surface area contributed by atoms with Crippen molar-refractivity contribution in [3.8, 4) is 0 Å². The summed E-state index contributed by atoms with van der Waals surface area (Å²) in [4.78, 5) is 0. The van der Waals surface area contributed by atoms with E-state index in [1.165, 1.54) is 24.0 Å². The molecule has 0 radical (unpaired) electrons. The Hall–Kier alpha value is -0.860. The smallest absolute Gasteiger partial charge is 0.0746 e. The number of hydrogen-bond acceptors (Lipinski definition) is 2. The molecule has 1 aliphatic rings. The topological polar surface area (TPSA) is 21.3 Å². The van der Waals surface area contributed by atoms with Crippen LogP contribution in [-0.4, -0.2) is 25.3 Å². The van der Waals surface area contributed by atoms with Crippen molar-refractivity contribution in [3.05, 3.63) is 35.4 Å². The Morgan fingerprint density at radius 3 is 2.67 bits per heavy atom. The zero-order valence-corrected chi connectivity index (χ0v) is 12.0. The van der Waals surface area contributed by atoms with Gasteiger partial charge in [-0.2, -0.15) is 0 Å². The summed E-state index contributed by atoms with van der Waals surface area (Å²) >= 11 is 0. The fourth-order valence-corrected chi connectivity index (χ4v) is 2.44. The molecule has 1 aromatic rings. The third-order valence-corrected chi connectivity index (χ3v) is 4.02. The fourth-order valence-electron chi connectivity index (χ4n) is 2.44. The molecule has 0 amide bonds. The van der Waals surface area contributed by atoms with Gasteiger partial charge in [-0.05, 0) is 45.1 Å². The zero-order valence-electron chi connectivity index (χ0n) is 12.0. The van der Waals surface area contributed by atoms with Crippen molar-refractivity contribution >= 4 is 0 Å². The largest absolute Gasteiger partial charge is 0.377 e. The molecule has 0 heterocycles.